The van der Waals surface area contributed by atoms with Crippen LogP contribution in [0.1, 0.15) is 32.1 Å². The number of nitrogens with one attached hydrogen (secondary N) is 1. The van der Waals surface area contributed by atoms with Crippen LogP contribution in [0.3, 0.4) is 0 Å². The van der Waals surface area contributed by atoms with E-state index in [1.54, 1.807) is 7.11 Å². The molecule has 2 aliphatic rings. The van der Waals surface area contributed by atoms with Gasteiger partial charge >= 0.3 is 0 Å². The van der Waals surface area contributed by atoms with Gasteiger partial charge in [-0.1, -0.05) is 5.16 Å². The van der Waals surface area contributed by atoms with Crippen LogP contribution >= 0.6 is 0 Å². The fourth-order valence-electron chi connectivity index (χ4n) is 2.92. The summed E-state index contributed by atoms with van der Waals surface area (Å²) in [5, 5.41) is 7.22. The van der Waals surface area contributed by atoms with Gasteiger partial charge < -0.3 is 15.1 Å². The van der Waals surface area contributed by atoms with Gasteiger partial charge in [0.15, 0.2) is 0 Å². The highest BCUT2D eigenvalue weighted by atomic mass is 16.6. The number of oxime groups is 1. The largest absolute Gasteiger partial charge is 0.399 e. The van der Waals surface area contributed by atoms with Gasteiger partial charge in [0.2, 0.25) is 0 Å². The van der Waals surface area contributed by atoms with Gasteiger partial charge in [0.25, 0.3) is 0 Å². The maximum absolute atomic E-state index is 12.3. The lowest BCUT2D eigenvalue weighted by atomic mass is 9.88. The summed E-state index contributed by atoms with van der Waals surface area (Å²) in [6.45, 7) is 2.93. The second kappa shape index (κ2) is 7.01. The third-order valence-electron chi connectivity index (χ3n) is 4.21. The number of piperidine rings is 2. The zero-order chi connectivity index (χ0) is 13.7. The minimum absolute atomic E-state index is 0.0236. The minimum Gasteiger partial charge on any atom is -0.399 e. The zero-order valence-electron chi connectivity index (χ0n) is 12.0. The van der Waals surface area contributed by atoms with Gasteiger partial charge in [-0.25, -0.2) is 0 Å². The molecule has 0 radical (unpaired) electrons. The van der Waals surface area contributed by atoms with E-state index in [-0.39, 0.29) is 6.04 Å². The monoisotopic (exact) mass is 267 g/mol. The van der Waals surface area contributed by atoms with Crippen molar-refractivity contribution in [2.45, 2.75) is 38.1 Å². The molecule has 0 aromatic carbocycles. The van der Waals surface area contributed by atoms with Crippen molar-refractivity contribution in [2.24, 2.45) is 11.1 Å². The summed E-state index contributed by atoms with van der Waals surface area (Å²) in [6.07, 6.45) is 4.78. The van der Waals surface area contributed by atoms with E-state index >= 15 is 0 Å². The number of hydrogen-bond donors (Lipinski definition) is 1. The molecule has 5 heteroatoms. The first kappa shape index (κ1) is 14.5. The quantitative estimate of drug-likeness (QED) is 0.773. The van der Waals surface area contributed by atoms with Gasteiger partial charge in [-0.2, -0.15) is 0 Å². The van der Waals surface area contributed by atoms with E-state index in [2.05, 4.69) is 22.4 Å². The van der Waals surface area contributed by atoms with Gasteiger partial charge in [-0.15, -0.1) is 0 Å². The molecule has 0 amide bonds. The fourth-order valence-corrected chi connectivity index (χ4v) is 2.92. The van der Waals surface area contributed by atoms with Gasteiger partial charge in [0.05, 0.1) is 11.8 Å². The minimum atomic E-state index is 0.0236. The Morgan fingerprint density at radius 3 is 2.74 bits per heavy atom. The molecule has 19 heavy (non-hydrogen) atoms. The van der Waals surface area contributed by atoms with E-state index in [0.29, 0.717) is 18.2 Å². The molecule has 0 unspecified atom stereocenters. The molecule has 2 aliphatic heterocycles. The first-order valence-electron chi connectivity index (χ1n) is 7.22. The molecule has 2 saturated heterocycles. The summed E-state index contributed by atoms with van der Waals surface area (Å²) in [5.41, 5.74) is 1.01. The molecule has 0 saturated carbocycles. The van der Waals surface area contributed by atoms with Crippen molar-refractivity contribution < 1.29 is 9.63 Å². The predicted molar refractivity (Wildman–Crippen MR) is 75.3 cm³/mol. The lowest BCUT2D eigenvalue weighted by Gasteiger charge is -2.30. The molecule has 1 N–H and O–H groups in total. The summed E-state index contributed by atoms with van der Waals surface area (Å²) in [4.78, 5) is 19.4. The van der Waals surface area contributed by atoms with Crippen molar-refractivity contribution in [3.63, 3.8) is 0 Å². The van der Waals surface area contributed by atoms with Crippen LogP contribution in [0.2, 0.25) is 0 Å². The molecule has 1 atom stereocenters. The Kier molecular flexibility index (Phi) is 5.34. The van der Waals surface area contributed by atoms with Gasteiger partial charge in [-0.05, 0) is 51.7 Å². The Balaban J connectivity index is 1.74. The normalized spacial score (nSPS) is 28.5. The van der Waals surface area contributed by atoms with E-state index in [0.717, 1.165) is 50.9 Å². The molecule has 0 bridgehead atoms. The second-order valence-corrected chi connectivity index (χ2v) is 5.73. The molecule has 0 aromatic rings. The number of ketones is 1. The first-order chi connectivity index (χ1) is 9.19. The van der Waals surface area contributed by atoms with Crippen molar-refractivity contribution in [1.29, 1.82) is 0 Å². The van der Waals surface area contributed by atoms with Crippen LogP contribution in [0.4, 0.5) is 0 Å². The van der Waals surface area contributed by atoms with Crippen LogP contribution in [-0.4, -0.2) is 56.2 Å². The number of nitrogens with zero attached hydrogens (tertiary/aromatic N) is 2. The highest BCUT2D eigenvalue weighted by Crippen LogP contribution is 2.21. The van der Waals surface area contributed by atoms with Crippen molar-refractivity contribution in [3.05, 3.63) is 0 Å². The molecule has 2 fully saturated rings. The standard InChI is InChI=1S/C14H25N3O2/c1-17-7-5-11(6-8-17)9-14(18)13-4-3-12(10-15-13)16-19-2/h11,13,15H,3-10H2,1-2H3/b16-12-/t13-/m0/s1. The van der Waals surface area contributed by atoms with E-state index in [9.17, 15) is 4.79 Å². The predicted octanol–water partition coefficient (Wildman–Crippen LogP) is 1.04. The summed E-state index contributed by atoms with van der Waals surface area (Å²) in [7, 11) is 3.71. The number of carbonyl (C=O) groups excluding carboxylic acids is 1. The van der Waals surface area contributed by atoms with Crippen LogP contribution in [-0.2, 0) is 9.63 Å². The number of likely N-dealkylation sites (tertiary alicyclic amines) is 1. The average Bonchev–Trinajstić information content (AvgIpc) is 2.42. The summed E-state index contributed by atoms with van der Waals surface area (Å²) in [6, 6.07) is 0.0236. The summed E-state index contributed by atoms with van der Waals surface area (Å²) in [5.74, 6) is 0.963. The fraction of sp³-hybridized carbons (Fsp3) is 0.857. The lowest BCUT2D eigenvalue weighted by Crippen LogP contribution is -2.45. The molecule has 108 valence electrons. The molecule has 5 nitrogen and oxygen atoms in total. The number of carbonyl (C=O) groups is 1. The zero-order valence-corrected chi connectivity index (χ0v) is 12.0. The van der Waals surface area contributed by atoms with Gasteiger partial charge in [0.1, 0.15) is 12.9 Å². The molecule has 0 aromatic heterocycles. The van der Waals surface area contributed by atoms with E-state index in [1.165, 1.54) is 0 Å². The van der Waals surface area contributed by atoms with Crippen molar-refractivity contribution in [1.82, 2.24) is 10.2 Å². The lowest BCUT2D eigenvalue weighted by molar-refractivity contribution is -0.122. The van der Waals surface area contributed by atoms with Crippen molar-refractivity contribution in [2.75, 3.05) is 33.8 Å². The van der Waals surface area contributed by atoms with Crippen LogP contribution in [0.25, 0.3) is 0 Å². The molecular formula is C14H25N3O2. The van der Waals surface area contributed by atoms with Crippen LogP contribution in [0.5, 0.6) is 0 Å². The number of hydrogen-bond acceptors (Lipinski definition) is 5. The van der Waals surface area contributed by atoms with E-state index in [1.807, 2.05) is 0 Å². The Morgan fingerprint density at radius 1 is 1.42 bits per heavy atom. The first-order valence-corrected chi connectivity index (χ1v) is 7.22. The van der Waals surface area contributed by atoms with Gasteiger partial charge in [0, 0.05) is 13.0 Å². The van der Waals surface area contributed by atoms with E-state index in [4.69, 9.17) is 4.84 Å². The van der Waals surface area contributed by atoms with Crippen LogP contribution < -0.4 is 5.32 Å². The maximum atomic E-state index is 12.3. The third kappa shape index (κ3) is 4.28. The van der Waals surface area contributed by atoms with Crippen LogP contribution in [0.15, 0.2) is 5.16 Å². The van der Waals surface area contributed by atoms with Crippen molar-refractivity contribution in [3.8, 4) is 0 Å². The molecule has 0 aliphatic carbocycles. The van der Waals surface area contributed by atoms with Crippen LogP contribution in [0, 0.1) is 5.92 Å². The Bertz CT molecular complexity index is 326. The third-order valence-corrected chi connectivity index (χ3v) is 4.21. The Labute approximate surface area is 115 Å². The summed E-state index contributed by atoms with van der Waals surface area (Å²) < 4.78 is 0. The van der Waals surface area contributed by atoms with Gasteiger partial charge in [-0.3, -0.25) is 4.79 Å². The number of rotatable bonds is 4. The van der Waals surface area contributed by atoms with Crippen molar-refractivity contribution >= 4 is 11.5 Å². The SMILES string of the molecule is CO/N=C1/CC[C@@H](C(=O)CC2CCN(C)CC2)NC1. The Hall–Kier alpha value is -0.940. The number of Topliss-reactive ketones (excluding diaryl/α,β-unsaturated/α-hetero) is 1. The maximum Gasteiger partial charge on any atom is 0.150 e. The molecule has 2 rings (SSSR count). The topological polar surface area (TPSA) is 53.9 Å². The molecular weight excluding hydrogens is 242 g/mol. The molecule has 0 spiro atoms. The average molecular weight is 267 g/mol. The Morgan fingerprint density at radius 2 is 2.16 bits per heavy atom. The highest BCUT2D eigenvalue weighted by molar-refractivity contribution is 5.91. The molecule has 2 heterocycles. The van der Waals surface area contributed by atoms with E-state index < -0.39 is 0 Å². The highest BCUT2D eigenvalue weighted by Gasteiger charge is 2.27. The summed E-state index contributed by atoms with van der Waals surface area (Å²) >= 11 is 0. The second-order valence-electron chi connectivity index (χ2n) is 5.73. The smallest absolute Gasteiger partial charge is 0.150 e.